The number of carbonyl (C=O) groups excluding carboxylic acids is 1. The summed E-state index contributed by atoms with van der Waals surface area (Å²) >= 11 is 1.54. The minimum atomic E-state index is -0.163. The SMILES string of the molecule is O=C(Cc1ccc2c(c1)OCO2)N[C@@H]1COCC[C@@H]1OCc1cscn1. The van der Waals surface area contributed by atoms with Gasteiger partial charge in [-0.2, -0.15) is 0 Å². The van der Waals surface area contributed by atoms with Crippen molar-refractivity contribution < 1.29 is 23.7 Å². The maximum Gasteiger partial charge on any atom is 0.231 e. The molecular weight excluding hydrogens is 356 g/mol. The van der Waals surface area contributed by atoms with Crippen molar-refractivity contribution in [2.24, 2.45) is 0 Å². The molecule has 2 aliphatic heterocycles. The molecule has 7 nitrogen and oxygen atoms in total. The molecule has 1 aromatic carbocycles. The average Bonchev–Trinajstić information content (AvgIpc) is 3.32. The van der Waals surface area contributed by atoms with E-state index in [-0.39, 0.29) is 31.3 Å². The monoisotopic (exact) mass is 376 g/mol. The topological polar surface area (TPSA) is 78.9 Å². The molecule has 1 amide bonds. The molecule has 138 valence electrons. The molecule has 2 aromatic rings. The first-order chi connectivity index (χ1) is 12.8. The number of nitrogens with one attached hydrogen (secondary N) is 1. The van der Waals surface area contributed by atoms with Crippen LogP contribution in [0.5, 0.6) is 11.5 Å². The van der Waals surface area contributed by atoms with Gasteiger partial charge in [-0.25, -0.2) is 4.98 Å². The molecule has 26 heavy (non-hydrogen) atoms. The second kappa shape index (κ2) is 8.03. The fourth-order valence-corrected chi connectivity index (χ4v) is 3.59. The Kier molecular flexibility index (Phi) is 5.33. The van der Waals surface area contributed by atoms with E-state index in [1.165, 1.54) is 0 Å². The van der Waals surface area contributed by atoms with Gasteiger partial charge >= 0.3 is 0 Å². The van der Waals surface area contributed by atoms with E-state index in [2.05, 4.69) is 10.3 Å². The van der Waals surface area contributed by atoms with Gasteiger partial charge in [-0.05, 0) is 24.1 Å². The highest BCUT2D eigenvalue weighted by atomic mass is 32.1. The second-order valence-electron chi connectivity index (χ2n) is 6.23. The van der Waals surface area contributed by atoms with Gasteiger partial charge < -0.3 is 24.3 Å². The third-order valence-corrected chi connectivity index (χ3v) is 5.00. The summed E-state index contributed by atoms with van der Waals surface area (Å²) in [5.41, 5.74) is 3.57. The molecule has 0 unspecified atom stereocenters. The molecule has 2 aliphatic rings. The van der Waals surface area contributed by atoms with Crippen molar-refractivity contribution >= 4 is 17.2 Å². The smallest absolute Gasteiger partial charge is 0.231 e. The summed E-state index contributed by atoms with van der Waals surface area (Å²) in [6.07, 6.45) is 0.941. The number of carbonyl (C=O) groups is 1. The van der Waals surface area contributed by atoms with Crippen LogP contribution in [0.15, 0.2) is 29.1 Å². The van der Waals surface area contributed by atoms with Gasteiger partial charge in [0.15, 0.2) is 11.5 Å². The van der Waals surface area contributed by atoms with Crippen molar-refractivity contribution in [3.8, 4) is 11.5 Å². The fourth-order valence-electron chi connectivity index (χ4n) is 3.05. The third-order valence-electron chi connectivity index (χ3n) is 4.37. The molecule has 2 atom stereocenters. The molecule has 4 rings (SSSR count). The zero-order valence-electron chi connectivity index (χ0n) is 14.2. The van der Waals surface area contributed by atoms with Crippen LogP contribution < -0.4 is 14.8 Å². The van der Waals surface area contributed by atoms with Gasteiger partial charge in [0.05, 0.1) is 43.0 Å². The standard InChI is InChI=1S/C18H20N2O5S/c21-18(6-12-1-2-16-17(5-12)25-11-24-16)20-14-8-22-4-3-15(14)23-7-13-9-26-10-19-13/h1-2,5,9-10,14-15H,3-4,6-8,11H2,(H,20,21)/t14-,15+/m1/s1. The van der Waals surface area contributed by atoms with Crippen molar-refractivity contribution in [1.82, 2.24) is 10.3 Å². The van der Waals surface area contributed by atoms with E-state index < -0.39 is 0 Å². The molecule has 3 heterocycles. The zero-order valence-corrected chi connectivity index (χ0v) is 15.0. The summed E-state index contributed by atoms with van der Waals surface area (Å²) in [5, 5.41) is 5.00. The van der Waals surface area contributed by atoms with Crippen molar-refractivity contribution in [3.63, 3.8) is 0 Å². The minimum Gasteiger partial charge on any atom is -0.454 e. The number of aromatic nitrogens is 1. The van der Waals surface area contributed by atoms with E-state index in [0.29, 0.717) is 31.3 Å². The number of benzene rings is 1. The zero-order chi connectivity index (χ0) is 17.8. The van der Waals surface area contributed by atoms with E-state index in [1.54, 1.807) is 16.8 Å². The first kappa shape index (κ1) is 17.3. The summed E-state index contributed by atoms with van der Waals surface area (Å²) in [5.74, 6) is 1.33. The number of ether oxygens (including phenoxy) is 4. The first-order valence-electron chi connectivity index (χ1n) is 8.52. The van der Waals surface area contributed by atoms with E-state index in [1.807, 2.05) is 23.6 Å². The highest BCUT2D eigenvalue weighted by molar-refractivity contribution is 7.07. The predicted molar refractivity (Wildman–Crippen MR) is 94.3 cm³/mol. The van der Waals surface area contributed by atoms with Crippen molar-refractivity contribution in [3.05, 3.63) is 40.3 Å². The van der Waals surface area contributed by atoms with Gasteiger partial charge in [-0.3, -0.25) is 4.79 Å². The maximum atomic E-state index is 12.5. The third kappa shape index (κ3) is 4.14. The molecule has 0 bridgehead atoms. The van der Waals surface area contributed by atoms with Gasteiger partial charge in [0.1, 0.15) is 0 Å². The largest absolute Gasteiger partial charge is 0.454 e. The Hall–Kier alpha value is -2.16. The van der Waals surface area contributed by atoms with Gasteiger partial charge in [0, 0.05) is 12.0 Å². The molecule has 8 heteroatoms. The second-order valence-corrected chi connectivity index (χ2v) is 6.95. The van der Waals surface area contributed by atoms with Crippen LogP contribution in [-0.4, -0.2) is 43.0 Å². The Morgan fingerprint density at radius 2 is 2.27 bits per heavy atom. The Morgan fingerprint density at radius 1 is 1.35 bits per heavy atom. The summed E-state index contributed by atoms with van der Waals surface area (Å²) in [7, 11) is 0. The fraction of sp³-hybridized carbons (Fsp3) is 0.444. The predicted octanol–water partition coefficient (Wildman–Crippen LogP) is 1.90. The van der Waals surface area contributed by atoms with Crippen LogP contribution in [0.3, 0.4) is 0 Å². The van der Waals surface area contributed by atoms with Crippen LogP contribution in [-0.2, 0) is 27.3 Å². The molecule has 0 radical (unpaired) electrons. The van der Waals surface area contributed by atoms with Gasteiger partial charge in [0.2, 0.25) is 12.7 Å². The quantitative estimate of drug-likeness (QED) is 0.830. The molecule has 0 spiro atoms. The number of nitrogens with zero attached hydrogens (tertiary/aromatic N) is 1. The van der Waals surface area contributed by atoms with E-state index in [4.69, 9.17) is 18.9 Å². The Balaban J connectivity index is 1.32. The van der Waals surface area contributed by atoms with E-state index in [0.717, 1.165) is 17.7 Å². The lowest BCUT2D eigenvalue weighted by Gasteiger charge is -2.32. The normalized spacial score (nSPS) is 21.5. The lowest BCUT2D eigenvalue weighted by molar-refractivity contribution is -0.125. The number of rotatable bonds is 6. The van der Waals surface area contributed by atoms with E-state index in [9.17, 15) is 4.79 Å². The highest BCUT2D eigenvalue weighted by Crippen LogP contribution is 2.32. The Morgan fingerprint density at radius 3 is 3.15 bits per heavy atom. The molecule has 1 aromatic heterocycles. The summed E-state index contributed by atoms with van der Waals surface area (Å²) in [4.78, 5) is 16.7. The Labute approximate surface area is 155 Å². The number of thiazole rings is 1. The number of hydrogen-bond donors (Lipinski definition) is 1. The van der Waals surface area contributed by atoms with Crippen molar-refractivity contribution in [2.75, 3.05) is 20.0 Å². The average molecular weight is 376 g/mol. The molecule has 0 saturated carbocycles. The van der Waals surface area contributed by atoms with Gasteiger partial charge in [-0.1, -0.05) is 6.07 Å². The first-order valence-corrected chi connectivity index (χ1v) is 9.46. The molecule has 1 fully saturated rings. The molecule has 0 aliphatic carbocycles. The Bertz CT molecular complexity index is 752. The molecule has 1 saturated heterocycles. The number of fused-ring (bicyclic) bond motifs is 1. The minimum absolute atomic E-state index is 0.0679. The maximum absolute atomic E-state index is 12.5. The summed E-state index contributed by atoms with van der Waals surface area (Å²) in [6.45, 7) is 1.76. The molecular formula is C18H20N2O5S. The van der Waals surface area contributed by atoms with Gasteiger partial charge in [-0.15, -0.1) is 11.3 Å². The summed E-state index contributed by atoms with van der Waals surface area (Å²) < 4.78 is 22.1. The highest BCUT2D eigenvalue weighted by Gasteiger charge is 2.28. The van der Waals surface area contributed by atoms with Crippen LogP contribution in [0.2, 0.25) is 0 Å². The number of hydrogen-bond acceptors (Lipinski definition) is 7. The van der Waals surface area contributed by atoms with E-state index >= 15 is 0 Å². The van der Waals surface area contributed by atoms with Gasteiger partial charge in [0.25, 0.3) is 0 Å². The lowest BCUT2D eigenvalue weighted by atomic mass is 10.1. The molecule has 1 N–H and O–H groups in total. The number of amides is 1. The van der Waals surface area contributed by atoms with Crippen molar-refractivity contribution in [1.29, 1.82) is 0 Å². The van der Waals surface area contributed by atoms with Crippen LogP contribution in [0.1, 0.15) is 17.7 Å². The lowest BCUT2D eigenvalue weighted by Crippen LogP contribution is -2.50. The summed E-state index contributed by atoms with van der Waals surface area (Å²) in [6, 6.07) is 5.38. The van der Waals surface area contributed by atoms with Crippen LogP contribution in [0, 0.1) is 0 Å². The van der Waals surface area contributed by atoms with Crippen molar-refractivity contribution in [2.45, 2.75) is 31.6 Å². The van der Waals surface area contributed by atoms with Crippen LogP contribution >= 0.6 is 11.3 Å². The van der Waals surface area contributed by atoms with Crippen LogP contribution in [0.25, 0.3) is 0 Å². The van der Waals surface area contributed by atoms with Crippen LogP contribution in [0.4, 0.5) is 0 Å².